The van der Waals surface area contributed by atoms with Gasteiger partial charge in [-0.2, -0.15) is 17.9 Å². The van der Waals surface area contributed by atoms with Gasteiger partial charge in [-0.25, -0.2) is 9.18 Å². The van der Waals surface area contributed by atoms with E-state index >= 15 is 0 Å². The van der Waals surface area contributed by atoms with Crippen molar-refractivity contribution in [2.45, 2.75) is 12.7 Å². The molecule has 2 rings (SSSR count). The van der Waals surface area contributed by atoms with Gasteiger partial charge >= 0.3 is 11.9 Å². The number of rotatable bonds is 4. The van der Waals surface area contributed by atoms with Crippen LogP contribution in [0.15, 0.2) is 33.5 Å². The molecule has 1 amide bonds. The lowest BCUT2D eigenvalue weighted by molar-refractivity contribution is -0.138. The Balaban J connectivity index is 2.08. The smallest absolute Gasteiger partial charge is 0.388 e. The summed E-state index contributed by atoms with van der Waals surface area (Å²) < 4.78 is 53.9. The molecule has 0 bridgehead atoms. The van der Waals surface area contributed by atoms with E-state index in [0.717, 1.165) is 12.1 Å². The van der Waals surface area contributed by atoms with Crippen molar-refractivity contribution in [2.24, 2.45) is 0 Å². The lowest BCUT2D eigenvalue weighted by Crippen LogP contribution is -2.37. The van der Waals surface area contributed by atoms with Crippen LogP contribution in [0.1, 0.15) is 0 Å². The van der Waals surface area contributed by atoms with E-state index < -0.39 is 36.7 Å². The van der Waals surface area contributed by atoms with E-state index in [0.29, 0.717) is 4.68 Å². The molecule has 0 radical (unpaired) electrons. The summed E-state index contributed by atoms with van der Waals surface area (Å²) >= 11 is 0. The molecule has 10 heteroatoms. The van der Waals surface area contributed by atoms with Crippen LogP contribution in [-0.4, -0.2) is 28.4 Å². The van der Waals surface area contributed by atoms with Gasteiger partial charge < -0.3 is 9.73 Å². The molecule has 0 unspecified atom stereocenters. The number of benzene rings is 1. The zero-order chi connectivity index (χ0) is 16.3. The molecule has 0 aliphatic carbocycles. The maximum Gasteiger partial charge on any atom is 0.437 e. The number of hydrogen-bond donors (Lipinski definition) is 1. The third-order valence-electron chi connectivity index (χ3n) is 2.48. The molecule has 22 heavy (non-hydrogen) atoms. The Morgan fingerprint density at radius 1 is 1.27 bits per heavy atom. The predicted octanol–water partition coefficient (Wildman–Crippen LogP) is 1.32. The van der Waals surface area contributed by atoms with Crippen molar-refractivity contribution in [3.63, 3.8) is 0 Å². The number of hydrogen-bond acceptors (Lipinski definition) is 4. The Morgan fingerprint density at radius 2 is 1.91 bits per heavy atom. The van der Waals surface area contributed by atoms with Crippen LogP contribution in [0.5, 0.6) is 0 Å². The number of carbonyl (C=O) groups is 1. The second-order valence-electron chi connectivity index (χ2n) is 4.23. The lowest BCUT2D eigenvalue weighted by atomic mass is 10.2. The summed E-state index contributed by atoms with van der Waals surface area (Å²) in [4.78, 5) is 22.8. The minimum atomic E-state index is -4.55. The molecule has 0 saturated carbocycles. The molecule has 0 aliphatic rings. The highest BCUT2D eigenvalue weighted by atomic mass is 19.4. The van der Waals surface area contributed by atoms with Crippen LogP contribution in [0.2, 0.25) is 0 Å². The van der Waals surface area contributed by atoms with Gasteiger partial charge in [0.25, 0.3) is 0 Å². The molecule has 0 aliphatic heterocycles. The van der Waals surface area contributed by atoms with E-state index in [2.05, 4.69) is 5.10 Å². The fourth-order valence-corrected chi connectivity index (χ4v) is 1.51. The molecule has 118 valence electrons. The SMILES string of the molecule is O=C(Cn1nc(-c2ccc(F)cc2)oc1=O)NCC(F)(F)F. The molecule has 6 nitrogen and oxygen atoms in total. The Morgan fingerprint density at radius 3 is 2.50 bits per heavy atom. The van der Waals surface area contributed by atoms with Gasteiger partial charge in [-0.1, -0.05) is 0 Å². The Hall–Kier alpha value is -2.65. The van der Waals surface area contributed by atoms with Crippen LogP contribution in [0.4, 0.5) is 17.6 Å². The van der Waals surface area contributed by atoms with Crippen molar-refractivity contribution >= 4 is 5.91 Å². The Kier molecular flexibility index (Phi) is 4.29. The van der Waals surface area contributed by atoms with Gasteiger partial charge in [0.15, 0.2) is 0 Å². The third-order valence-corrected chi connectivity index (χ3v) is 2.48. The maximum atomic E-state index is 12.8. The molecule has 1 aromatic heterocycles. The standard InChI is InChI=1S/C12H9F4N3O3/c13-8-3-1-7(2-4-8)10-18-19(11(21)22-10)5-9(20)17-6-12(14,15)16/h1-4H,5-6H2,(H,17,20). The molecule has 1 N–H and O–H groups in total. The monoisotopic (exact) mass is 319 g/mol. The molecule has 1 aromatic carbocycles. The number of amides is 1. The van der Waals surface area contributed by atoms with E-state index in [1.807, 2.05) is 0 Å². The minimum Gasteiger partial charge on any atom is -0.388 e. The molecule has 0 fully saturated rings. The van der Waals surface area contributed by atoms with E-state index in [1.165, 1.54) is 12.1 Å². The molecule has 1 heterocycles. The largest absolute Gasteiger partial charge is 0.437 e. The van der Waals surface area contributed by atoms with Gasteiger partial charge in [-0.15, -0.1) is 5.10 Å². The first-order valence-corrected chi connectivity index (χ1v) is 5.92. The fraction of sp³-hybridized carbons (Fsp3) is 0.250. The summed E-state index contributed by atoms with van der Waals surface area (Å²) in [5, 5.41) is 5.27. The quantitative estimate of drug-likeness (QED) is 0.862. The second-order valence-corrected chi connectivity index (χ2v) is 4.23. The van der Waals surface area contributed by atoms with Crippen LogP contribution in [0, 0.1) is 5.82 Å². The van der Waals surface area contributed by atoms with Crippen molar-refractivity contribution in [3.05, 3.63) is 40.6 Å². The van der Waals surface area contributed by atoms with E-state index in [4.69, 9.17) is 4.42 Å². The fourth-order valence-electron chi connectivity index (χ4n) is 1.51. The summed E-state index contributed by atoms with van der Waals surface area (Å²) in [7, 11) is 0. The molecule has 2 aromatic rings. The van der Waals surface area contributed by atoms with Crippen LogP contribution in [0.3, 0.4) is 0 Å². The zero-order valence-electron chi connectivity index (χ0n) is 10.9. The normalized spacial score (nSPS) is 11.5. The average molecular weight is 319 g/mol. The van der Waals surface area contributed by atoms with Crippen molar-refractivity contribution < 1.29 is 26.8 Å². The second kappa shape index (κ2) is 6.00. The first kappa shape index (κ1) is 15.7. The molecule has 0 saturated heterocycles. The summed E-state index contributed by atoms with van der Waals surface area (Å²) in [6.07, 6.45) is -4.55. The molecule has 0 atom stereocenters. The number of alkyl halides is 3. The summed E-state index contributed by atoms with van der Waals surface area (Å²) in [5.74, 6) is -2.73. The first-order valence-electron chi connectivity index (χ1n) is 5.92. The zero-order valence-corrected chi connectivity index (χ0v) is 10.9. The van der Waals surface area contributed by atoms with Gasteiger partial charge in [0.2, 0.25) is 11.8 Å². The summed E-state index contributed by atoms with van der Waals surface area (Å²) in [6, 6.07) is 4.83. The lowest BCUT2D eigenvalue weighted by Gasteiger charge is -2.07. The first-order chi connectivity index (χ1) is 10.2. The van der Waals surface area contributed by atoms with Crippen LogP contribution < -0.4 is 11.1 Å². The highest BCUT2D eigenvalue weighted by molar-refractivity contribution is 5.75. The Labute approximate surface area is 120 Å². The topological polar surface area (TPSA) is 77.1 Å². The highest BCUT2D eigenvalue weighted by Crippen LogP contribution is 2.15. The molecular weight excluding hydrogens is 310 g/mol. The van der Waals surface area contributed by atoms with Crippen LogP contribution in [0.25, 0.3) is 11.5 Å². The van der Waals surface area contributed by atoms with Gasteiger partial charge in [0.05, 0.1) is 0 Å². The number of halogens is 4. The van der Waals surface area contributed by atoms with E-state index in [1.54, 1.807) is 5.32 Å². The van der Waals surface area contributed by atoms with Gasteiger partial charge in [-0.05, 0) is 24.3 Å². The predicted molar refractivity (Wildman–Crippen MR) is 65.2 cm³/mol. The number of aromatic nitrogens is 2. The van der Waals surface area contributed by atoms with Gasteiger partial charge in [-0.3, -0.25) is 4.79 Å². The maximum absolute atomic E-state index is 12.8. The number of nitrogens with one attached hydrogen (secondary N) is 1. The van der Waals surface area contributed by atoms with E-state index in [9.17, 15) is 27.2 Å². The van der Waals surface area contributed by atoms with Crippen molar-refractivity contribution in [2.75, 3.05) is 6.54 Å². The van der Waals surface area contributed by atoms with Crippen molar-refractivity contribution in [1.29, 1.82) is 0 Å². The van der Waals surface area contributed by atoms with Crippen LogP contribution in [-0.2, 0) is 11.3 Å². The molecule has 0 spiro atoms. The number of carbonyl (C=O) groups excluding carboxylic acids is 1. The van der Waals surface area contributed by atoms with E-state index in [-0.39, 0.29) is 11.5 Å². The average Bonchev–Trinajstić information content (AvgIpc) is 2.78. The summed E-state index contributed by atoms with van der Waals surface area (Å²) in [5.41, 5.74) is 0.285. The van der Waals surface area contributed by atoms with Gasteiger partial charge in [0.1, 0.15) is 18.9 Å². The van der Waals surface area contributed by atoms with Crippen molar-refractivity contribution in [3.8, 4) is 11.5 Å². The third kappa shape index (κ3) is 4.17. The van der Waals surface area contributed by atoms with Crippen molar-refractivity contribution in [1.82, 2.24) is 15.1 Å². The Bertz CT molecular complexity index is 718. The minimum absolute atomic E-state index is 0.173. The summed E-state index contributed by atoms with van der Waals surface area (Å²) in [6.45, 7) is -2.23. The number of nitrogens with zero attached hydrogens (tertiary/aromatic N) is 2. The molecular formula is C12H9F4N3O3. The van der Waals surface area contributed by atoms with Crippen LogP contribution >= 0.6 is 0 Å². The highest BCUT2D eigenvalue weighted by Gasteiger charge is 2.27. The van der Waals surface area contributed by atoms with Gasteiger partial charge in [0, 0.05) is 5.56 Å².